The number of halogens is 2. The van der Waals surface area contributed by atoms with E-state index in [9.17, 15) is 4.39 Å². The molecule has 0 radical (unpaired) electrons. The van der Waals surface area contributed by atoms with Crippen LogP contribution in [0.1, 0.15) is 30.5 Å². The average Bonchev–Trinajstić information content (AvgIpc) is 2.88. The van der Waals surface area contributed by atoms with Crippen LogP contribution in [0, 0.1) is 5.82 Å². The Labute approximate surface area is 126 Å². The van der Waals surface area contributed by atoms with E-state index >= 15 is 0 Å². The van der Waals surface area contributed by atoms with Crippen LogP contribution < -0.4 is 5.32 Å². The Bertz CT molecular complexity index is 513. The fraction of sp³-hybridized carbons (Fsp3) is 0.333. The first-order chi connectivity index (χ1) is 9.20. The second-order valence-electron chi connectivity index (χ2n) is 4.45. The van der Waals surface area contributed by atoms with E-state index in [1.165, 1.54) is 17.7 Å². The summed E-state index contributed by atoms with van der Waals surface area (Å²) < 4.78 is 14.0. The van der Waals surface area contributed by atoms with E-state index in [0.29, 0.717) is 0 Å². The summed E-state index contributed by atoms with van der Waals surface area (Å²) in [6, 6.07) is 7.33. The second kappa shape index (κ2) is 7.17. The van der Waals surface area contributed by atoms with Crippen molar-refractivity contribution in [3.05, 3.63) is 56.4 Å². The van der Waals surface area contributed by atoms with E-state index in [2.05, 4.69) is 45.0 Å². The molecule has 4 heteroatoms. The van der Waals surface area contributed by atoms with Crippen LogP contribution in [0.3, 0.4) is 0 Å². The molecule has 1 aromatic heterocycles. The molecule has 1 N–H and O–H groups in total. The maximum absolute atomic E-state index is 13.2. The van der Waals surface area contributed by atoms with Gasteiger partial charge in [0.2, 0.25) is 0 Å². The molecule has 1 unspecified atom stereocenters. The van der Waals surface area contributed by atoms with Crippen molar-refractivity contribution in [3.63, 3.8) is 0 Å². The van der Waals surface area contributed by atoms with Gasteiger partial charge >= 0.3 is 0 Å². The predicted octanol–water partition coefficient (Wildman–Crippen LogP) is 4.93. The Morgan fingerprint density at radius 3 is 2.84 bits per heavy atom. The standard InChI is InChI=1S/C15H17BrFNS/c1-2-18-15(6-3-11-7-8-19-10-11)13-5-4-12(17)9-14(13)16/h4-5,7-10,15,18H,2-3,6H2,1H3. The molecular formula is C15H17BrFNS. The van der Waals surface area contributed by atoms with E-state index < -0.39 is 0 Å². The third-order valence-electron chi connectivity index (χ3n) is 3.09. The maximum atomic E-state index is 13.2. The topological polar surface area (TPSA) is 12.0 Å². The molecule has 2 rings (SSSR count). The Morgan fingerprint density at radius 2 is 2.21 bits per heavy atom. The summed E-state index contributed by atoms with van der Waals surface area (Å²) in [6.45, 7) is 2.99. The van der Waals surface area contributed by atoms with Gasteiger partial charge < -0.3 is 5.32 Å². The van der Waals surface area contributed by atoms with Crippen molar-refractivity contribution in [2.24, 2.45) is 0 Å². The van der Waals surface area contributed by atoms with Crippen molar-refractivity contribution in [2.45, 2.75) is 25.8 Å². The van der Waals surface area contributed by atoms with Gasteiger partial charge in [-0.1, -0.05) is 28.9 Å². The van der Waals surface area contributed by atoms with Crippen LogP contribution in [0.2, 0.25) is 0 Å². The fourth-order valence-electron chi connectivity index (χ4n) is 2.14. The molecule has 0 amide bonds. The summed E-state index contributed by atoms with van der Waals surface area (Å²) in [5, 5.41) is 7.76. The highest BCUT2D eigenvalue weighted by Gasteiger charge is 2.14. The molecule has 0 bridgehead atoms. The summed E-state index contributed by atoms with van der Waals surface area (Å²) in [5.41, 5.74) is 2.49. The van der Waals surface area contributed by atoms with Gasteiger partial charge in [0, 0.05) is 10.5 Å². The van der Waals surface area contributed by atoms with E-state index in [-0.39, 0.29) is 11.9 Å². The molecule has 0 saturated carbocycles. The van der Waals surface area contributed by atoms with Gasteiger partial charge in [0.15, 0.2) is 0 Å². The van der Waals surface area contributed by atoms with Gasteiger partial charge in [-0.25, -0.2) is 4.39 Å². The Morgan fingerprint density at radius 1 is 1.37 bits per heavy atom. The lowest BCUT2D eigenvalue weighted by Gasteiger charge is -2.19. The zero-order valence-electron chi connectivity index (χ0n) is 10.8. The maximum Gasteiger partial charge on any atom is 0.124 e. The number of nitrogens with one attached hydrogen (secondary N) is 1. The summed E-state index contributed by atoms with van der Waals surface area (Å²) >= 11 is 5.18. The van der Waals surface area contributed by atoms with Gasteiger partial charge in [-0.15, -0.1) is 0 Å². The number of rotatable bonds is 6. The van der Waals surface area contributed by atoms with E-state index in [1.54, 1.807) is 11.3 Å². The van der Waals surface area contributed by atoms with Gasteiger partial charge in [-0.2, -0.15) is 11.3 Å². The lowest BCUT2D eigenvalue weighted by atomic mass is 10.00. The third-order valence-corrected chi connectivity index (χ3v) is 4.51. The van der Waals surface area contributed by atoms with Crippen LogP contribution in [0.5, 0.6) is 0 Å². The summed E-state index contributed by atoms with van der Waals surface area (Å²) in [6.07, 6.45) is 2.04. The quantitative estimate of drug-likeness (QED) is 0.785. The molecule has 0 aliphatic carbocycles. The molecular weight excluding hydrogens is 325 g/mol. The minimum atomic E-state index is -0.205. The van der Waals surface area contributed by atoms with Crippen molar-refractivity contribution >= 4 is 27.3 Å². The second-order valence-corrected chi connectivity index (χ2v) is 6.08. The lowest BCUT2D eigenvalue weighted by Crippen LogP contribution is -2.22. The first kappa shape index (κ1) is 14.7. The van der Waals surface area contributed by atoms with Gasteiger partial charge in [0.05, 0.1) is 0 Å². The molecule has 1 atom stereocenters. The zero-order chi connectivity index (χ0) is 13.7. The van der Waals surface area contributed by atoms with Crippen LogP contribution in [-0.2, 0) is 6.42 Å². The van der Waals surface area contributed by atoms with E-state index in [1.807, 2.05) is 6.07 Å². The minimum absolute atomic E-state index is 0.205. The highest BCUT2D eigenvalue weighted by molar-refractivity contribution is 9.10. The molecule has 102 valence electrons. The van der Waals surface area contributed by atoms with Crippen LogP contribution in [0.25, 0.3) is 0 Å². The molecule has 19 heavy (non-hydrogen) atoms. The number of thiophene rings is 1. The Kier molecular flexibility index (Phi) is 5.55. The summed E-state index contributed by atoms with van der Waals surface area (Å²) in [5.74, 6) is -0.205. The minimum Gasteiger partial charge on any atom is -0.310 e. The third kappa shape index (κ3) is 4.13. The van der Waals surface area contributed by atoms with Gasteiger partial charge in [-0.05, 0) is 59.5 Å². The smallest absolute Gasteiger partial charge is 0.124 e. The normalized spacial score (nSPS) is 12.6. The fourth-order valence-corrected chi connectivity index (χ4v) is 3.47. The van der Waals surface area contributed by atoms with Gasteiger partial charge in [0.1, 0.15) is 5.82 Å². The van der Waals surface area contributed by atoms with Crippen LogP contribution in [0.4, 0.5) is 4.39 Å². The number of benzene rings is 1. The number of aryl methyl sites for hydroxylation is 1. The molecule has 0 fully saturated rings. The lowest BCUT2D eigenvalue weighted by molar-refractivity contribution is 0.512. The summed E-state index contributed by atoms with van der Waals surface area (Å²) in [4.78, 5) is 0. The first-order valence-corrected chi connectivity index (χ1v) is 8.13. The highest BCUT2D eigenvalue weighted by atomic mass is 79.9. The van der Waals surface area contributed by atoms with E-state index in [0.717, 1.165) is 29.4 Å². The average molecular weight is 342 g/mol. The van der Waals surface area contributed by atoms with Crippen LogP contribution >= 0.6 is 27.3 Å². The Balaban J connectivity index is 2.10. The summed E-state index contributed by atoms with van der Waals surface area (Å²) in [7, 11) is 0. The highest BCUT2D eigenvalue weighted by Crippen LogP contribution is 2.27. The molecule has 0 aliphatic rings. The van der Waals surface area contributed by atoms with Crippen LogP contribution in [-0.4, -0.2) is 6.54 Å². The SMILES string of the molecule is CCNC(CCc1ccsc1)c1ccc(F)cc1Br. The molecule has 1 heterocycles. The van der Waals surface area contributed by atoms with E-state index in [4.69, 9.17) is 0 Å². The predicted molar refractivity (Wildman–Crippen MR) is 83.2 cm³/mol. The van der Waals surface area contributed by atoms with Gasteiger partial charge in [0.25, 0.3) is 0 Å². The Hall–Kier alpha value is -0.710. The first-order valence-electron chi connectivity index (χ1n) is 6.40. The van der Waals surface area contributed by atoms with Crippen molar-refractivity contribution in [2.75, 3.05) is 6.54 Å². The molecule has 1 nitrogen and oxygen atoms in total. The monoisotopic (exact) mass is 341 g/mol. The van der Waals surface area contributed by atoms with Crippen LogP contribution in [0.15, 0.2) is 39.5 Å². The van der Waals surface area contributed by atoms with Crippen molar-refractivity contribution in [1.29, 1.82) is 0 Å². The zero-order valence-corrected chi connectivity index (χ0v) is 13.2. The van der Waals surface area contributed by atoms with Gasteiger partial charge in [-0.3, -0.25) is 0 Å². The molecule has 0 spiro atoms. The number of hydrogen-bond donors (Lipinski definition) is 1. The molecule has 0 aliphatic heterocycles. The van der Waals surface area contributed by atoms with Crippen molar-refractivity contribution in [1.82, 2.24) is 5.32 Å². The molecule has 1 aromatic carbocycles. The number of hydrogen-bond acceptors (Lipinski definition) is 2. The largest absolute Gasteiger partial charge is 0.310 e. The van der Waals surface area contributed by atoms with Crippen molar-refractivity contribution < 1.29 is 4.39 Å². The molecule has 0 saturated heterocycles. The van der Waals surface area contributed by atoms with Crippen molar-refractivity contribution in [3.8, 4) is 0 Å². The molecule has 2 aromatic rings.